The van der Waals surface area contributed by atoms with Crippen LogP contribution in [0.1, 0.15) is 17.7 Å². The molecule has 3 heterocycles. The number of anilines is 1. The number of thiophene rings is 1. The lowest BCUT2D eigenvalue weighted by Gasteiger charge is -2.20. The summed E-state index contributed by atoms with van der Waals surface area (Å²) in [4.78, 5) is 26.2. The molecular formula is C15H18N4O3S. The second-order valence-corrected chi connectivity index (χ2v) is 6.50. The van der Waals surface area contributed by atoms with E-state index in [2.05, 4.69) is 10.4 Å². The molecule has 0 aromatic carbocycles. The van der Waals surface area contributed by atoms with Crippen molar-refractivity contribution < 1.29 is 14.7 Å². The molecule has 0 aliphatic carbocycles. The molecule has 0 unspecified atom stereocenters. The largest absolute Gasteiger partial charge is 0.480 e. The van der Waals surface area contributed by atoms with Crippen molar-refractivity contribution in [3.8, 4) is 0 Å². The average molecular weight is 334 g/mol. The summed E-state index contributed by atoms with van der Waals surface area (Å²) in [6, 6.07) is 5.17. The summed E-state index contributed by atoms with van der Waals surface area (Å²) in [6.45, 7) is 1.32. The standard InChI is InChI=1S/C15H18N4O3S/c20-14(10-18-7-1-4-12(18)15(21)22)17-13-5-6-16-19(13)9-11-3-2-8-23-11/h2-3,5-6,8,12H,1,4,7,9-10H2,(H,17,20)(H,21,22)/t12-/m1/s1. The van der Waals surface area contributed by atoms with E-state index < -0.39 is 12.0 Å². The van der Waals surface area contributed by atoms with E-state index in [9.17, 15) is 9.59 Å². The maximum Gasteiger partial charge on any atom is 0.320 e. The van der Waals surface area contributed by atoms with Crippen molar-refractivity contribution in [2.45, 2.75) is 25.4 Å². The quantitative estimate of drug-likeness (QED) is 0.835. The van der Waals surface area contributed by atoms with Gasteiger partial charge in [0.05, 0.1) is 19.3 Å². The summed E-state index contributed by atoms with van der Waals surface area (Å²) >= 11 is 1.63. The van der Waals surface area contributed by atoms with E-state index in [1.165, 1.54) is 0 Å². The fourth-order valence-electron chi connectivity index (χ4n) is 2.78. The highest BCUT2D eigenvalue weighted by atomic mass is 32.1. The number of hydrogen-bond donors (Lipinski definition) is 2. The average Bonchev–Trinajstić information content (AvgIpc) is 3.22. The van der Waals surface area contributed by atoms with Gasteiger partial charge >= 0.3 is 5.97 Å². The predicted molar refractivity (Wildman–Crippen MR) is 86.5 cm³/mol. The third-order valence-electron chi connectivity index (χ3n) is 3.87. The lowest BCUT2D eigenvalue weighted by atomic mass is 10.2. The minimum atomic E-state index is -0.863. The SMILES string of the molecule is O=C(CN1CCC[C@@H]1C(=O)O)Nc1ccnn1Cc1cccs1. The molecule has 2 aromatic rings. The van der Waals surface area contributed by atoms with Gasteiger partial charge in [0.15, 0.2) is 0 Å². The maximum atomic E-state index is 12.2. The Bertz CT molecular complexity index is 683. The van der Waals surface area contributed by atoms with Gasteiger partial charge in [-0.1, -0.05) is 6.07 Å². The van der Waals surface area contributed by atoms with Gasteiger partial charge in [-0.3, -0.25) is 14.5 Å². The first-order valence-electron chi connectivity index (χ1n) is 7.44. The molecule has 23 heavy (non-hydrogen) atoms. The van der Waals surface area contributed by atoms with Crippen LogP contribution in [0.15, 0.2) is 29.8 Å². The zero-order valence-corrected chi connectivity index (χ0v) is 13.3. The summed E-state index contributed by atoms with van der Waals surface area (Å²) in [6.07, 6.45) is 3.04. The van der Waals surface area contributed by atoms with Crippen molar-refractivity contribution in [1.82, 2.24) is 14.7 Å². The normalized spacial score (nSPS) is 18.2. The van der Waals surface area contributed by atoms with Crippen LogP contribution in [0.5, 0.6) is 0 Å². The summed E-state index contributed by atoms with van der Waals surface area (Å²) in [5, 5.41) is 18.2. The van der Waals surface area contributed by atoms with Crippen LogP contribution in [0, 0.1) is 0 Å². The number of hydrogen-bond acceptors (Lipinski definition) is 5. The molecule has 0 bridgehead atoms. The van der Waals surface area contributed by atoms with E-state index in [-0.39, 0.29) is 12.5 Å². The molecule has 0 radical (unpaired) electrons. The zero-order chi connectivity index (χ0) is 16.2. The van der Waals surface area contributed by atoms with Crippen molar-refractivity contribution in [3.05, 3.63) is 34.7 Å². The zero-order valence-electron chi connectivity index (χ0n) is 12.5. The fraction of sp³-hybridized carbons (Fsp3) is 0.400. The first kappa shape index (κ1) is 15.7. The van der Waals surface area contributed by atoms with Gasteiger partial charge in [0.1, 0.15) is 11.9 Å². The molecule has 7 nitrogen and oxygen atoms in total. The molecule has 2 N–H and O–H groups in total. The molecule has 0 spiro atoms. The molecule has 1 atom stereocenters. The highest BCUT2D eigenvalue weighted by molar-refractivity contribution is 7.09. The van der Waals surface area contributed by atoms with E-state index in [1.807, 2.05) is 17.5 Å². The molecule has 1 saturated heterocycles. The fourth-order valence-corrected chi connectivity index (χ4v) is 3.46. The summed E-state index contributed by atoms with van der Waals surface area (Å²) in [5.74, 6) is -0.460. The number of nitrogens with zero attached hydrogens (tertiary/aromatic N) is 3. The van der Waals surface area contributed by atoms with Crippen LogP contribution in [0.25, 0.3) is 0 Å². The van der Waals surface area contributed by atoms with E-state index in [0.29, 0.717) is 25.3 Å². The van der Waals surface area contributed by atoms with Crippen LogP contribution in [0.4, 0.5) is 5.82 Å². The Labute approximate surface area is 137 Å². The molecule has 1 aliphatic heterocycles. The van der Waals surface area contributed by atoms with E-state index in [4.69, 9.17) is 5.11 Å². The van der Waals surface area contributed by atoms with Crippen LogP contribution in [0.2, 0.25) is 0 Å². The predicted octanol–water partition coefficient (Wildman–Crippen LogP) is 1.48. The van der Waals surface area contributed by atoms with Gasteiger partial charge in [0, 0.05) is 10.9 Å². The van der Waals surface area contributed by atoms with Crippen LogP contribution in [0.3, 0.4) is 0 Å². The molecule has 0 saturated carbocycles. The van der Waals surface area contributed by atoms with Crippen LogP contribution < -0.4 is 5.32 Å². The van der Waals surface area contributed by atoms with Crippen molar-refractivity contribution in [1.29, 1.82) is 0 Å². The van der Waals surface area contributed by atoms with E-state index >= 15 is 0 Å². The monoisotopic (exact) mass is 334 g/mol. The van der Waals surface area contributed by atoms with Crippen LogP contribution in [-0.2, 0) is 16.1 Å². The molecule has 122 valence electrons. The summed E-state index contributed by atoms with van der Waals surface area (Å²) in [7, 11) is 0. The lowest BCUT2D eigenvalue weighted by molar-refractivity contribution is -0.142. The topological polar surface area (TPSA) is 87.5 Å². The minimum absolute atomic E-state index is 0.0845. The van der Waals surface area contributed by atoms with Gasteiger partial charge in [-0.15, -0.1) is 11.3 Å². The molecule has 3 rings (SSSR count). The van der Waals surface area contributed by atoms with E-state index in [0.717, 1.165) is 11.3 Å². The van der Waals surface area contributed by atoms with Gasteiger partial charge in [-0.05, 0) is 30.8 Å². The third kappa shape index (κ3) is 3.77. The number of carboxylic acids is 1. The van der Waals surface area contributed by atoms with Gasteiger partial charge in [-0.2, -0.15) is 5.10 Å². The van der Waals surface area contributed by atoms with Gasteiger partial charge in [0.2, 0.25) is 5.91 Å². The smallest absolute Gasteiger partial charge is 0.320 e. The molecule has 2 aromatic heterocycles. The van der Waals surface area contributed by atoms with Crippen LogP contribution >= 0.6 is 11.3 Å². The number of carbonyl (C=O) groups excluding carboxylic acids is 1. The van der Waals surface area contributed by atoms with Gasteiger partial charge < -0.3 is 10.4 Å². The highest BCUT2D eigenvalue weighted by Crippen LogP contribution is 2.18. The second-order valence-electron chi connectivity index (χ2n) is 5.47. The number of nitrogens with one attached hydrogen (secondary N) is 1. The highest BCUT2D eigenvalue weighted by Gasteiger charge is 2.31. The minimum Gasteiger partial charge on any atom is -0.480 e. The molecule has 1 amide bonds. The Morgan fingerprint density at radius 2 is 2.30 bits per heavy atom. The molecular weight excluding hydrogens is 316 g/mol. The van der Waals surface area contributed by atoms with Crippen LogP contribution in [-0.4, -0.2) is 50.8 Å². The number of carbonyl (C=O) groups is 2. The summed E-state index contributed by atoms with van der Waals surface area (Å²) < 4.78 is 1.72. The number of rotatable bonds is 6. The Morgan fingerprint density at radius 1 is 1.43 bits per heavy atom. The molecule has 1 fully saturated rings. The Balaban J connectivity index is 1.60. The van der Waals surface area contributed by atoms with Crippen molar-refractivity contribution in [3.63, 3.8) is 0 Å². The number of aromatic nitrogens is 2. The van der Waals surface area contributed by atoms with Crippen molar-refractivity contribution in [2.75, 3.05) is 18.4 Å². The number of carboxylic acid groups (broad SMARTS) is 1. The van der Waals surface area contributed by atoms with Gasteiger partial charge in [-0.25, -0.2) is 4.68 Å². The Hall–Kier alpha value is -2.19. The Kier molecular flexibility index (Phi) is 4.73. The first-order valence-corrected chi connectivity index (χ1v) is 8.32. The maximum absolute atomic E-state index is 12.2. The van der Waals surface area contributed by atoms with Gasteiger partial charge in [0.25, 0.3) is 0 Å². The second kappa shape index (κ2) is 6.93. The number of likely N-dealkylation sites (tertiary alicyclic amines) is 1. The molecule has 8 heteroatoms. The molecule has 1 aliphatic rings. The van der Waals surface area contributed by atoms with E-state index in [1.54, 1.807) is 33.2 Å². The number of amides is 1. The van der Waals surface area contributed by atoms with Crippen molar-refractivity contribution >= 4 is 29.0 Å². The lowest BCUT2D eigenvalue weighted by Crippen LogP contribution is -2.41. The van der Waals surface area contributed by atoms with Crippen molar-refractivity contribution in [2.24, 2.45) is 0 Å². The third-order valence-corrected chi connectivity index (χ3v) is 4.73. The Morgan fingerprint density at radius 3 is 3.04 bits per heavy atom. The number of aliphatic carboxylic acids is 1. The first-order chi connectivity index (χ1) is 11.1. The summed E-state index contributed by atoms with van der Waals surface area (Å²) in [5.41, 5.74) is 0.